The fraction of sp³-hybridized carbons (Fsp3) is 0.714. The molecular formula is C14H20N2O2. The van der Waals surface area contributed by atoms with Crippen molar-refractivity contribution >= 4 is 5.78 Å². The van der Waals surface area contributed by atoms with Gasteiger partial charge in [0, 0.05) is 11.5 Å². The lowest BCUT2D eigenvalue weighted by Gasteiger charge is -2.21. The molecule has 1 saturated carbocycles. The monoisotopic (exact) mass is 248 g/mol. The number of aromatic nitrogens is 1. The molecule has 1 aromatic heterocycles. The molecule has 0 aromatic carbocycles. The number of nitrogens with one attached hydrogen (secondary N) is 1. The van der Waals surface area contributed by atoms with Crippen molar-refractivity contribution in [2.45, 2.75) is 56.9 Å². The second kappa shape index (κ2) is 4.50. The highest BCUT2D eigenvalue weighted by atomic mass is 16.5. The fourth-order valence-electron chi connectivity index (χ4n) is 2.55. The molecular weight excluding hydrogens is 228 g/mol. The molecule has 0 amide bonds. The Balaban J connectivity index is 1.61. The summed E-state index contributed by atoms with van der Waals surface area (Å²) in [5, 5.41) is 7.38. The van der Waals surface area contributed by atoms with Gasteiger partial charge in [-0.15, -0.1) is 0 Å². The molecule has 1 aliphatic heterocycles. The van der Waals surface area contributed by atoms with Gasteiger partial charge in [-0.3, -0.25) is 4.79 Å². The maximum atomic E-state index is 12.1. The molecule has 1 aliphatic carbocycles. The quantitative estimate of drug-likeness (QED) is 0.885. The molecule has 1 aromatic rings. The van der Waals surface area contributed by atoms with E-state index in [9.17, 15) is 4.79 Å². The topological polar surface area (TPSA) is 55.1 Å². The molecule has 0 radical (unpaired) electrons. The Kier molecular flexibility index (Phi) is 2.98. The van der Waals surface area contributed by atoms with Crippen molar-refractivity contribution in [1.82, 2.24) is 10.5 Å². The zero-order valence-corrected chi connectivity index (χ0v) is 10.9. The van der Waals surface area contributed by atoms with Crippen molar-refractivity contribution in [3.05, 3.63) is 17.5 Å². The van der Waals surface area contributed by atoms with Gasteiger partial charge in [-0.25, -0.2) is 0 Å². The highest BCUT2D eigenvalue weighted by molar-refractivity contribution is 5.85. The number of hydrogen-bond acceptors (Lipinski definition) is 4. The van der Waals surface area contributed by atoms with Crippen molar-refractivity contribution in [3.8, 4) is 0 Å². The molecule has 1 N–H and O–H groups in total. The normalized spacial score (nSPS) is 25.9. The lowest BCUT2D eigenvalue weighted by Crippen LogP contribution is -2.41. The minimum Gasteiger partial charge on any atom is -0.361 e. The summed E-state index contributed by atoms with van der Waals surface area (Å²) in [6.07, 6.45) is 6.00. The van der Waals surface area contributed by atoms with E-state index < -0.39 is 0 Å². The number of rotatable bonds is 4. The number of hydrogen-bond donors (Lipinski definition) is 1. The van der Waals surface area contributed by atoms with Gasteiger partial charge in [-0.2, -0.15) is 0 Å². The Hall–Kier alpha value is -1.16. The average Bonchev–Trinajstić information content (AvgIpc) is 2.97. The summed E-state index contributed by atoms with van der Waals surface area (Å²) in [7, 11) is 0. The van der Waals surface area contributed by atoms with Crippen molar-refractivity contribution in [2.75, 3.05) is 6.54 Å². The Bertz CT molecular complexity index is 442. The first-order chi connectivity index (χ1) is 8.67. The average molecular weight is 248 g/mol. The van der Waals surface area contributed by atoms with Crippen LogP contribution >= 0.6 is 0 Å². The van der Waals surface area contributed by atoms with Gasteiger partial charge in [0.2, 0.25) is 0 Å². The SMILES string of the molecule is CC1(c2cc(CC(=O)[C@@H]3CCCCN3)on2)CC1. The molecule has 2 aliphatic rings. The zero-order valence-electron chi connectivity index (χ0n) is 10.9. The minimum absolute atomic E-state index is 0.0174. The predicted molar refractivity (Wildman–Crippen MR) is 67.4 cm³/mol. The van der Waals surface area contributed by atoms with Gasteiger partial charge in [-0.1, -0.05) is 18.5 Å². The maximum absolute atomic E-state index is 12.1. The lowest BCUT2D eigenvalue weighted by molar-refractivity contribution is -0.121. The second-order valence-electron chi connectivity index (χ2n) is 5.88. The predicted octanol–water partition coefficient (Wildman–Crippen LogP) is 1.98. The van der Waals surface area contributed by atoms with E-state index in [2.05, 4.69) is 17.4 Å². The zero-order chi connectivity index (χ0) is 12.6. The molecule has 1 saturated heterocycles. The molecule has 2 fully saturated rings. The third-order valence-electron chi connectivity index (χ3n) is 4.22. The highest BCUT2D eigenvalue weighted by Crippen LogP contribution is 2.47. The minimum atomic E-state index is 0.0174. The largest absolute Gasteiger partial charge is 0.361 e. The number of ketones is 1. The van der Waals surface area contributed by atoms with E-state index in [1.807, 2.05) is 6.07 Å². The Morgan fingerprint density at radius 3 is 3.06 bits per heavy atom. The van der Waals surface area contributed by atoms with Crippen LogP contribution in [0.4, 0.5) is 0 Å². The first-order valence-electron chi connectivity index (χ1n) is 6.90. The van der Waals surface area contributed by atoms with E-state index in [-0.39, 0.29) is 17.2 Å². The van der Waals surface area contributed by atoms with Gasteiger partial charge in [-0.05, 0) is 32.2 Å². The summed E-state index contributed by atoms with van der Waals surface area (Å²) < 4.78 is 5.29. The van der Waals surface area contributed by atoms with E-state index >= 15 is 0 Å². The lowest BCUT2D eigenvalue weighted by atomic mass is 9.98. The third-order valence-corrected chi connectivity index (χ3v) is 4.22. The molecule has 98 valence electrons. The molecule has 3 rings (SSSR count). The van der Waals surface area contributed by atoms with Gasteiger partial charge < -0.3 is 9.84 Å². The number of piperidine rings is 1. The number of nitrogens with zero attached hydrogens (tertiary/aromatic N) is 1. The van der Waals surface area contributed by atoms with Crippen molar-refractivity contribution in [1.29, 1.82) is 0 Å². The Labute approximate surface area is 107 Å². The van der Waals surface area contributed by atoms with Gasteiger partial charge in [0.25, 0.3) is 0 Å². The van der Waals surface area contributed by atoms with E-state index in [0.717, 1.165) is 30.8 Å². The van der Waals surface area contributed by atoms with Crippen LogP contribution in [0.2, 0.25) is 0 Å². The molecule has 4 heteroatoms. The number of carbonyl (C=O) groups is 1. The van der Waals surface area contributed by atoms with Crippen LogP contribution in [0.5, 0.6) is 0 Å². The molecule has 0 unspecified atom stereocenters. The number of carbonyl (C=O) groups excluding carboxylic acids is 1. The molecule has 4 nitrogen and oxygen atoms in total. The smallest absolute Gasteiger partial charge is 0.157 e. The third kappa shape index (κ3) is 2.34. The molecule has 1 atom stereocenters. The standard InChI is InChI=1S/C14H20N2O2/c1-14(5-6-14)13-9-10(18-16-13)8-12(17)11-4-2-3-7-15-11/h9,11,15H,2-8H2,1H3/t11-/m0/s1. The molecule has 2 heterocycles. The van der Waals surface area contributed by atoms with Gasteiger partial charge in [0.15, 0.2) is 5.78 Å². The Morgan fingerprint density at radius 1 is 1.56 bits per heavy atom. The highest BCUT2D eigenvalue weighted by Gasteiger charge is 2.42. The van der Waals surface area contributed by atoms with Gasteiger partial charge >= 0.3 is 0 Å². The van der Waals surface area contributed by atoms with Crippen molar-refractivity contribution in [2.24, 2.45) is 0 Å². The van der Waals surface area contributed by atoms with Crippen LogP contribution in [0.15, 0.2) is 10.6 Å². The summed E-state index contributed by atoms with van der Waals surface area (Å²) >= 11 is 0. The molecule has 18 heavy (non-hydrogen) atoms. The van der Waals surface area contributed by atoms with E-state index in [1.54, 1.807) is 0 Å². The van der Waals surface area contributed by atoms with E-state index in [4.69, 9.17) is 4.52 Å². The van der Waals surface area contributed by atoms with Crippen LogP contribution in [-0.4, -0.2) is 23.5 Å². The van der Waals surface area contributed by atoms with Gasteiger partial charge in [0.1, 0.15) is 5.76 Å². The van der Waals surface area contributed by atoms with Crippen LogP contribution in [0.1, 0.15) is 50.5 Å². The van der Waals surface area contributed by atoms with Crippen LogP contribution in [-0.2, 0) is 16.6 Å². The summed E-state index contributed by atoms with van der Waals surface area (Å²) in [5.41, 5.74) is 1.23. The van der Waals surface area contributed by atoms with E-state index in [1.165, 1.54) is 19.3 Å². The maximum Gasteiger partial charge on any atom is 0.157 e. The molecule has 0 bridgehead atoms. The summed E-state index contributed by atoms with van der Waals surface area (Å²) in [4.78, 5) is 12.1. The van der Waals surface area contributed by atoms with Crippen LogP contribution in [0.3, 0.4) is 0 Å². The van der Waals surface area contributed by atoms with E-state index in [0.29, 0.717) is 6.42 Å². The van der Waals surface area contributed by atoms with Crippen molar-refractivity contribution in [3.63, 3.8) is 0 Å². The van der Waals surface area contributed by atoms with Crippen LogP contribution in [0.25, 0.3) is 0 Å². The van der Waals surface area contributed by atoms with Gasteiger partial charge in [0.05, 0.1) is 18.2 Å². The summed E-state index contributed by atoms with van der Waals surface area (Å²) in [6.45, 7) is 3.15. The van der Waals surface area contributed by atoms with Crippen LogP contribution in [0, 0.1) is 0 Å². The second-order valence-corrected chi connectivity index (χ2v) is 5.88. The number of Topliss-reactive ketones (excluding diaryl/α,β-unsaturated/α-hetero) is 1. The Morgan fingerprint density at radius 2 is 2.39 bits per heavy atom. The molecule has 0 spiro atoms. The summed E-state index contributed by atoms with van der Waals surface area (Å²) in [5.74, 6) is 0.953. The fourth-order valence-corrected chi connectivity index (χ4v) is 2.55. The van der Waals surface area contributed by atoms with Crippen molar-refractivity contribution < 1.29 is 9.32 Å². The summed E-state index contributed by atoms with van der Waals surface area (Å²) in [6, 6.07) is 1.98. The first-order valence-corrected chi connectivity index (χ1v) is 6.90. The first kappa shape index (κ1) is 11.9. The van der Waals surface area contributed by atoms with Crippen LogP contribution < -0.4 is 5.32 Å².